The van der Waals surface area contributed by atoms with Crippen LogP contribution < -0.4 is 10.6 Å². The predicted molar refractivity (Wildman–Crippen MR) is 67.7 cm³/mol. The zero-order valence-electron chi connectivity index (χ0n) is 9.86. The van der Waals surface area contributed by atoms with E-state index in [1.807, 2.05) is 18.2 Å². The maximum Gasteiger partial charge on any atom is 0.0597 e. The molecule has 1 aromatic carbocycles. The largest absolute Gasteiger partial charge is 0.397 e. The second-order valence-electron chi connectivity index (χ2n) is 4.52. The zero-order chi connectivity index (χ0) is 11.4. The lowest BCUT2D eigenvalue weighted by Crippen LogP contribution is -2.31. The molecule has 0 radical (unpaired) electrons. The number of nitrogens with two attached hydrogens (primary N) is 1. The van der Waals surface area contributed by atoms with Gasteiger partial charge in [0.2, 0.25) is 0 Å². The van der Waals surface area contributed by atoms with E-state index >= 15 is 0 Å². The molecular formula is C13H20N2O. The summed E-state index contributed by atoms with van der Waals surface area (Å²) in [6.07, 6.45) is 2.44. The molecule has 0 amide bonds. The summed E-state index contributed by atoms with van der Waals surface area (Å²) < 4.78 is 5.49. The lowest BCUT2D eigenvalue weighted by Gasteiger charge is -2.29. The molecule has 0 spiro atoms. The Kier molecular flexibility index (Phi) is 3.67. The van der Waals surface area contributed by atoms with Crippen molar-refractivity contribution < 1.29 is 4.74 Å². The first-order chi connectivity index (χ1) is 7.77. The minimum Gasteiger partial charge on any atom is -0.397 e. The van der Waals surface area contributed by atoms with E-state index in [9.17, 15) is 0 Å². The lowest BCUT2D eigenvalue weighted by atomic mass is 10.0. The SMILES string of the molecule is CN(CC1CCCOC1)c1ccccc1N. The van der Waals surface area contributed by atoms with Crippen molar-refractivity contribution in [2.45, 2.75) is 12.8 Å². The van der Waals surface area contributed by atoms with E-state index < -0.39 is 0 Å². The quantitative estimate of drug-likeness (QED) is 0.793. The number of nitrogens with zero attached hydrogens (tertiary/aromatic N) is 1. The van der Waals surface area contributed by atoms with Crippen LogP contribution in [0.4, 0.5) is 11.4 Å². The molecule has 0 aliphatic carbocycles. The second-order valence-corrected chi connectivity index (χ2v) is 4.52. The van der Waals surface area contributed by atoms with E-state index in [0.29, 0.717) is 5.92 Å². The minimum absolute atomic E-state index is 0.637. The number of benzene rings is 1. The number of para-hydroxylation sites is 2. The van der Waals surface area contributed by atoms with Gasteiger partial charge in [-0.2, -0.15) is 0 Å². The highest BCUT2D eigenvalue weighted by molar-refractivity contribution is 5.66. The van der Waals surface area contributed by atoms with Gasteiger partial charge in [-0.25, -0.2) is 0 Å². The molecule has 2 N–H and O–H groups in total. The Balaban J connectivity index is 1.96. The van der Waals surface area contributed by atoms with Crippen LogP contribution >= 0.6 is 0 Å². The average Bonchev–Trinajstić information content (AvgIpc) is 2.31. The smallest absolute Gasteiger partial charge is 0.0597 e. The summed E-state index contributed by atoms with van der Waals surface area (Å²) in [5, 5.41) is 0. The van der Waals surface area contributed by atoms with Crippen molar-refractivity contribution in [2.75, 3.05) is 37.4 Å². The van der Waals surface area contributed by atoms with Crippen LogP contribution in [0.25, 0.3) is 0 Å². The monoisotopic (exact) mass is 220 g/mol. The van der Waals surface area contributed by atoms with E-state index in [-0.39, 0.29) is 0 Å². The van der Waals surface area contributed by atoms with Crippen molar-refractivity contribution in [1.82, 2.24) is 0 Å². The third-order valence-corrected chi connectivity index (χ3v) is 3.13. The Morgan fingerprint density at radius 3 is 2.94 bits per heavy atom. The Morgan fingerprint density at radius 2 is 2.25 bits per heavy atom. The molecule has 3 heteroatoms. The van der Waals surface area contributed by atoms with E-state index in [0.717, 1.165) is 31.1 Å². The van der Waals surface area contributed by atoms with E-state index in [2.05, 4.69) is 18.0 Å². The maximum absolute atomic E-state index is 5.95. The zero-order valence-corrected chi connectivity index (χ0v) is 9.86. The molecule has 1 unspecified atom stereocenters. The van der Waals surface area contributed by atoms with Gasteiger partial charge in [0.25, 0.3) is 0 Å². The molecule has 1 heterocycles. The van der Waals surface area contributed by atoms with Crippen LogP contribution in [0.3, 0.4) is 0 Å². The third-order valence-electron chi connectivity index (χ3n) is 3.13. The van der Waals surface area contributed by atoms with Gasteiger partial charge in [0.1, 0.15) is 0 Å². The summed E-state index contributed by atoms with van der Waals surface area (Å²) >= 11 is 0. The first kappa shape index (κ1) is 11.3. The predicted octanol–water partition coefficient (Wildman–Crippen LogP) is 2.13. The van der Waals surface area contributed by atoms with Gasteiger partial charge in [-0.3, -0.25) is 0 Å². The molecule has 1 aromatic rings. The molecule has 0 bridgehead atoms. The summed E-state index contributed by atoms with van der Waals surface area (Å²) in [4.78, 5) is 2.23. The van der Waals surface area contributed by atoms with Crippen molar-refractivity contribution in [1.29, 1.82) is 0 Å². The molecule has 1 saturated heterocycles. The van der Waals surface area contributed by atoms with Gasteiger partial charge in [-0.1, -0.05) is 12.1 Å². The van der Waals surface area contributed by atoms with Gasteiger partial charge in [0.15, 0.2) is 0 Å². The van der Waals surface area contributed by atoms with Crippen LogP contribution in [0.5, 0.6) is 0 Å². The molecule has 3 nitrogen and oxygen atoms in total. The Hall–Kier alpha value is -1.22. The highest BCUT2D eigenvalue weighted by atomic mass is 16.5. The fourth-order valence-corrected chi connectivity index (χ4v) is 2.27. The third kappa shape index (κ3) is 2.67. The molecule has 1 aliphatic heterocycles. The first-order valence-corrected chi connectivity index (χ1v) is 5.91. The maximum atomic E-state index is 5.95. The fourth-order valence-electron chi connectivity index (χ4n) is 2.27. The highest BCUT2D eigenvalue weighted by Crippen LogP contribution is 2.23. The number of hydrogen-bond acceptors (Lipinski definition) is 3. The van der Waals surface area contributed by atoms with Gasteiger partial charge in [0.05, 0.1) is 18.0 Å². The van der Waals surface area contributed by atoms with Gasteiger partial charge in [-0.05, 0) is 30.9 Å². The van der Waals surface area contributed by atoms with Crippen molar-refractivity contribution in [3.05, 3.63) is 24.3 Å². The number of rotatable bonds is 3. The molecule has 16 heavy (non-hydrogen) atoms. The molecule has 2 rings (SSSR count). The minimum atomic E-state index is 0.637. The molecular weight excluding hydrogens is 200 g/mol. The lowest BCUT2D eigenvalue weighted by molar-refractivity contribution is 0.0576. The van der Waals surface area contributed by atoms with Crippen LogP contribution in [-0.2, 0) is 4.74 Å². The van der Waals surface area contributed by atoms with Crippen LogP contribution in [0.1, 0.15) is 12.8 Å². The molecule has 1 aliphatic rings. The van der Waals surface area contributed by atoms with Crippen LogP contribution in [-0.4, -0.2) is 26.8 Å². The Bertz CT molecular complexity index is 334. The van der Waals surface area contributed by atoms with Crippen molar-refractivity contribution in [2.24, 2.45) is 5.92 Å². The van der Waals surface area contributed by atoms with Gasteiger partial charge >= 0.3 is 0 Å². The first-order valence-electron chi connectivity index (χ1n) is 5.91. The summed E-state index contributed by atoms with van der Waals surface area (Å²) in [5.41, 5.74) is 7.92. The molecule has 88 valence electrons. The standard InChI is InChI=1S/C13H20N2O/c1-15(9-11-5-4-8-16-10-11)13-7-3-2-6-12(13)14/h2-3,6-7,11H,4-5,8-10,14H2,1H3. The second kappa shape index (κ2) is 5.21. The number of nitrogen functional groups attached to an aromatic ring is 1. The van der Waals surface area contributed by atoms with Crippen LogP contribution in [0, 0.1) is 5.92 Å². The number of hydrogen-bond donors (Lipinski definition) is 1. The van der Waals surface area contributed by atoms with Crippen LogP contribution in [0.2, 0.25) is 0 Å². The van der Waals surface area contributed by atoms with Gasteiger partial charge in [-0.15, -0.1) is 0 Å². The van der Waals surface area contributed by atoms with Crippen LogP contribution in [0.15, 0.2) is 24.3 Å². The Labute approximate surface area is 97.2 Å². The van der Waals surface area contributed by atoms with E-state index in [1.54, 1.807) is 0 Å². The average molecular weight is 220 g/mol. The Morgan fingerprint density at radius 1 is 1.44 bits per heavy atom. The summed E-state index contributed by atoms with van der Waals surface area (Å²) in [6, 6.07) is 8.01. The fraction of sp³-hybridized carbons (Fsp3) is 0.538. The van der Waals surface area contributed by atoms with E-state index in [1.165, 1.54) is 12.8 Å². The molecule has 1 fully saturated rings. The van der Waals surface area contributed by atoms with Gasteiger partial charge < -0.3 is 15.4 Å². The molecule has 0 aromatic heterocycles. The topological polar surface area (TPSA) is 38.5 Å². The summed E-state index contributed by atoms with van der Waals surface area (Å²) in [7, 11) is 2.10. The molecule has 1 atom stereocenters. The van der Waals surface area contributed by atoms with Crippen molar-refractivity contribution in [3.8, 4) is 0 Å². The number of anilines is 2. The normalized spacial score (nSPS) is 20.7. The highest BCUT2D eigenvalue weighted by Gasteiger charge is 2.16. The van der Waals surface area contributed by atoms with Gasteiger partial charge in [0, 0.05) is 20.2 Å². The van der Waals surface area contributed by atoms with Crippen molar-refractivity contribution >= 4 is 11.4 Å². The van der Waals surface area contributed by atoms with E-state index in [4.69, 9.17) is 10.5 Å². The molecule has 0 saturated carbocycles. The summed E-state index contributed by atoms with van der Waals surface area (Å²) in [6.45, 7) is 2.83. The number of ether oxygens (including phenoxy) is 1. The van der Waals surface area contributed by atoms with Crippen molar-refractivity contribution in [3.63, 3.8) is 0 Å². The summed E-state index contributed by atoms with van der Waals surface area (Å²) in [5.74, 6) is 0.637.